The second-order valence-corrected chi connectivity index (χ2v) is 9.55. The number of amides is 2. The molecule has 0 saturated heterocycles. The van der Waals surface area contributed by atoms with E-state index in [9.17, 15) is 9.59 Å². The van der Waals surface area contributed by atoms with Gasteiger partial charge < -0.3 is 14.8 Å². The standard InChI is InChI=1S/C26H31N5O2/c1-26(25(33)28-20-11-5-3-2-4-6-12-20)18-30-22-14-8-7-13-21(22)29-23(30)24(32)31(26)17-19-10-9-15-27-16-19/h7-10,13-16,20H,2-6,11-12,17-18H2,1H3,(H,28,33). The van der Waals surface area contributed by atoms with Crippen LogP contribution < -0.4 is 5.32 Å². The van der Waals surface area contributed by atoms with Crippen molar-refractivity contribution in [2.24, 2.45) is 0 Å². The van der Waals surface area contributed by atoms with Crippen LogP contribution in [0.1, 0.15) is 68.1 Å². The molecule has 1 fully saturated rings. The van der Waals surface area contributed by atoms with Crippen molar-refractivity contribution in [2.75, 3.05) is 0 Å². The van der Waals surface area contributed by atoms with E-state index in [4.69, 9.17) is 0 Å². The number of pyridine rings is 1. The molecule has 2 aliphatic rings. The minimum atomic E-state index is -1.04. The summed E-state index contributed by atoms with van der Waals surface area (Å²) in [4.78, 5) is 38.1. The predicted molar refractivity (Wildman–Crippen MR) is 126 cm³/mol. The highest BCUT2D eigenvalue weighted by molar-refractivity contribution is 6.01. The zero-order valence-corrected chi connectivity index (χ0v) is 19.2. The molecule has 2 amide bonds. The Bertz CT molecular complexity index is 1150. The zero-order valence-electron chi connectivity index (χ0n) is 19.2. The molecule has 0 radical (unpaired) electrons. The van der Waals surface area contributed by atoms with Crippen LogP contribution >= 0.6 is 0 Å². The molecule has 1 aliphatic carbocycles. The topological polar surface area (TPSA) is 80.1 Å². The highest BCUT2D eigenvalue weighted by Crippen LogP contribution is 2.32. The Morgan fingerprint density at radius 1 is 1.09 bits per heavy atom. The summed E-state index contributed by atoms with van der Waals surface area (Å²) in [5.74, 6) is 0.0710. The summed E-state index contributed by atoms with van der Waals surface area (Å²) in [7, 11) is 0. The van der Waals surface area contributed by atoms with Gasteiger partial charge in [0.05, 0.1) is 17.6 Å². The second kappa shape index (κ2) is 8.96. The van der Waals surface area contributed by atoms with Gasteiger partial charge in [0.2, 0.25) is 5.91 Å². The fourth-order valence-electron chi connectivity index (χ4n) is 5.19. The van der Waals surface area contributed by atoms with Gasteiger partial charge in [-0.2, -0.15) is 0 Å². The molecule has 1 atom stereocenters. The molecule has 1 saturated carbocycles. The van der Waals surface area contributed by atoms with Gasteiger partial charge in [0.15, 0.2) is 5.82 Å². The molecule has 1 aromatic carbocycles. The number of carbonyl (C=O) groups excluding carboxylic acids is 2. The van der Waals surface area contributed by atoms with Crippen molar-refractivity contribution < 1.29 is 9.59 Å². The van der Waals surface area contributed by atoms with Gasteiger partial charge in [-0.3, -0.25) is 14.6 Å². The Hall–Kier alpha value is -3.22. The lowest BCUT2D eigenvalue weighted by molar-refractivity contribution is -0.134. The number of imidazole rings is 1. The molecule has 0 bridgehead atoms. The Kier molecular flexibility index (Phi) is 5.87. The molecule has 5 rings (SSSR count). The predicted octanol–water partition coefficient (Wildman–Crippen LogP) is 4.08. The lowest BCUT2D eigenvalue weighted by Gasteiger charge is -2.44. The molecule has 3 aromatic rings. The zero-order chi connectivity index (χ0) is 22.8. The van der Waals surface area contributed by atoms with Crippen LogP contribution in [-0.4, -0.2) is 42.8 Å². The molecule has 0 spiro atoms. The molecule has 2 aromatic heterocycles. The minimum absolute atomic E-state index is 0.0891. The number of hydrogen-bond acceptors (Lipinski definition) is 4. The molecule has 1 N–H and O–H groups in total. The summed E-state index contributed by atoms with van der Waals surface area (Å²) in [5, 5.41) is 3.32. The number of aromatic nitrogens is 3. The molecule has 1 unspecified atom stereocenters. The number of fused-ring (bicyclic) bond motifs is 3. The largest absolute Gasteiger partial charge is 0.351 e. The molecule has 172 valence electrons. The first-order chi connectivity index (χ1) is 16.1. The lowest BCUT2D eigenvalue weighted by atomic mass is 9.92. The van der Waals surface area contributed by atoms with E-state index in [1.807, 2.05) is 47.9 Å². The SMILES string of the molecule is CC1(C(=O)NC2CCCCCCC2)Cn2c(nc3ccccc32)C(=O)N1Cc1cccnc1. The van der Waals surface area contributed by atoms with E-state index in [2.05, 4.69) is 15.3 Å². The first kappa shape index (κ1) is 21.6. The van der Waals surface area contributed by atoms with E-state index in [0.29, 0.717) is 18.9 Å². The first-order valence-electron chi connectivity index (χ1n) is 12.0. The van der Waals surface area contributed by atoms with E-state index < -0.39 is 5.54 Å². The van der Waals surface area contributed by atoms with Crippen LogP contribution in [0, 0.1) is 0 Å². The molecular formula is C26H31N5O2. The first-order valence-corrected chi connectivity index (χ1v) is 12.0. The third-order valence-electron chi connectivity index (χ3n) is 7.15. The molecule has 33 heavy (non-hydrogen) atoms. The summed E-state index contributed by atoms with van der Waals surface area (Å²) in [6, 6.07) is 11.7. The fourth-order valence-corrected chi connectivity index (χ4v) is 5.19. The van der Waals surface area contributed by atoms with Crippen LogP contribution in [0.3, 0.4) is 0 Å². The van der Waals surface area contributed by atoms with E-state index in [0.717, 1.165) is 42.3 Å². The maximum atomic E-state index is 13.8. The second-order valence-electron chi connectivity index (χ2n) is 9.55. The van der Waals surface area contributed by atoms with Crippen LogP contribution in [0.15, 0.2) is 48.8 Å². The Labute approximate surface area is 194 Å². The van der Waals surface area contributed by atoms with Gasteiger partial charge in [-0.15, -0.1) is 0 Å². The van der Waals surface area contributed by atoms with E-state index in [-0.39, 0.29) is 17.9 Å². The van der Waals surface area contributed by atoms with Crippen molar-refractivity contribution >= 4 is 22.8 Å². The molecule has 7 nitrogen and oxygen atoms in total. The molecular weight excluding hydrogens is 414 g/mol. The van der Waals surface area contributed by atoms with Crippen molar-refractivity contribution in [3.05, 3.63) is 60.2 Å². The molecule has 7 heteroatoms. The lowest BCUT2D eigenvalue weighted by Crippen LogP contribution is -2.64. The summed E-state index contributed by atoms with van der Waals surface area (Å²) in [5.41, 5.74) is 1.50. The van der Waals surface area contributed by atoms with Gasteiger partial charge in [-0.25, -0.2) is 4.98 Å². The number of nitrogens with one attached hydrogen (secondary N) is 1. The summed E-state index contributed by atoms with van der Waals surface area (Å²) in [6.45, 7) is 2.56. The maximum absolute atomic E-state index is 13.8. The van der Waals surface area contributed by atoms with Gasteiger partial charge in [-0.05, 0) is 43.5 Å². The smallest absolute Gasteiger partial charge is 0.291 e. The number of para-hydroxylation sites is 2. The van der Waals surface area contributed by atoms with Crippen LogP contribution in [0.25, 0.3) is 11.0 Å². The Balaban J connectivity index is 1.51. The Morgan fingerprint density at radius 2 is 1.85 bits per heavy atom. The quantitative estimate of drug-likeness (QED) is 0.656. The third-order valence-corrected chi connectivity index (χ3v) is 7.15. The van der Waals surface area contributed by atoms with Gasteiger partial charge in [0.25, 0.3) is 5.91 Å². The number of carbonyl (C=O) groups is 2. The van der Waals surface area contributed by atoms with Crippen molar-refractivity contribution in [1.29, 1.82) is 0 Å². The number of benzene rings is 1. The van der Waals surface area contributed by atoms with Crippen molar-refractivity contribution in [1.82, 2.24) is 24.8 Å². The van der Waals surface area contributed by atoms with E-state index >= 15 is 0 Å². The van der Waals surface area contributed by atoms with Crippen LogP contribution in [0.4, 0.5) is 0 Å². The van der Waals surface area contributed by atoms with Gasteiger partial charge in [-0.1, -0.05) is 50.3 Å². The van der Waals surface area contributed by atoms with Gasteiger partial charge >= 0.3 is 0 Å². The normalized spacial score (nSPS) is 22.0. The van der Waals surface area contributed by atoms with Crippen LogP contribution in [-0.2, 0) is 17.9 Å². The maximum Gasteiger partial charge on any atom is 0.291 e. The average Bonchev–Trinajstić information content (AvgIpc) is 3.17. The number of hydrogen-bond donors (Lipinski definition) is 1. The summed E-state index contributed by atoms with van der Waals surface area (Å²) < 4.78 is 1.91. The molecule has 3 heterocycles. The Morgan fingerprint density at radius 3 is 2.61 bits per heavy atom. The van der Waals surface area contributed by atoms with Crippen molar-refractivity contribution in [3.63, 3.8) is 0 Å². The third kappa shape index (κ3) is 4.12. The molecule has 1 aliphatic heterocycles. The average molecular weight is 446 g/mol. The van der Waals surface area contributed by atoms with E-state index in [1.54, 1.807) is 17.3 Å². The summed E-state index contributed by atoms with van der Waals surface area (Å²) in [6.07, 6.45) is 11.4. The van der Waals surface area contributed by atoms with Crippen LogP contribution in [0.2, 0.25) is 0 Å². The monoisotopic (exact) mass is 445 g/mol. The minimum Gasteiger partial charge on any atom is -0.351 e. The number of rotatable bonds is 4. The summed E-state index contributed by atoms with van der Waals surface area (Å²) >= 11 is 0. The van der Waals surface area contributed by atoms with Crippen molar-refractivity contribution in [3.8, 4) is 0 Å². The highest BCUT2D eigenvalue weighted by Gasteiger charge is 2.48. The van der Waals surface area contributed by atoms with Gasteiger partial charge in [0.1, 0.15) is 5.54 Å². The number of nitrogens with zero attached hydrogens (tertiary/aromatic N) is 4. The van der Waals surface area contributed by atoms with Crippen LogP contribution in [0.5, 0.6) is 0 Å². The fraction of sp³-hybridized carbons (Fsp3) is 0.462. The van der Waals surface area contributed by atoms with E-state index in [1.165, 1.54) is 19.3 Å². The van der Waals surface area contributed by atoms with Crippen molar-refractivity contribution in [2.45, 2.75) is 76.5 Å². The highest BCUT2D eigenvalue weighted by atomic mass is 16.2. The van der Waals surface area contributed by atoms with Gasteiger partial charge in [0, 0.05) is 25.0 Å².